The van der Waals surface area contributed by atoms with Crippen LogP contribution in [-0.2, 0) is 4.79 Å². The lowest BCUT2D eigenvalue weighted by Crippen LogP contribution is -2.42. The molecule has 0 unspecified atom stereocenters. The fourth-order valence-corrected chi connectivity index (χ4v) is 2.75. The van der Waals surface area contributed by atoms with E-state index in [4.69, 9.17) is 16.3 Å². The SMILES string of the molecule is COc1ccc(Cl)cc1C(=O)NNC(=O)CSc1cc(F)ccc1F. The third-order valence-corrected chi connectivity index (χ3v) is 4.24. The molecule has 5 nitrogen and oxygen atoms in total. The highest BCUT2D eigenvalue weighted by molar-refractivity contribution is 8.00. The van der Waals surface area contributed by atoms with E-state index in [1.807, 2.05) is 0 Å². The minimum Gasteiger partial charge on any atom is -0.496 e. The zero-order valence-corrected chi connectivity index (χ0v) is 14.5. The van der Waals surface area contributed by atoms with E-state index in [1.54, 1.807) is 6.07 Å². The van der Waals surface area contributed by atoms with Crippen molar-refractivity contribution >= 4 is 35.2 Å². The van der Waals surface area contributed by atoms with Gasteiger partial charge in [0.2, 0.25) is 5.91 Å². The predicted octanol–water partition coefficient (Wildman–Crippen LogP) is 3.18. The zero-order valence-electron chi connectivity index (χ0n) is 12.9. The van der Waals surface area contributed by atoms with Gasteiger partial charge in [-0.05, 0) is 36.4 Å². The van der Waals surface area contributed by atoms with Gasteiger partial charge in [-0.2, -0.15) is 0 Å². The maximum absolute atomic E-state index is 13.5. The average Bonchev–Trinajstić information content (AvgIpc) is 2.60. The molecule has 0 saturated heterocycles. The lowest BCUT2D eigenvalue weighted by Gasteiger charge is -2.10. The van der Waals surface area contributed by atoms with Gasteiger partial charge in [0.25, 0.3) is 5.91 Å². The van der Waals surface area contributed by atoms with Gasteiger partial charge in [0, 0.05) is 9.92 Å². The second kappa shape index (κ2) is 8.68. The van der Waals surface area contributed by atoms with E-state index in [0.29, 0.717) is 5.02 Å². The van der Waals surface area contributed by atoms with Gasteiger partial charge >= 0.3 is 0 Å². The number of carbonyl (C=O) groups is 2. The van der Waals surface area contributed by atoms with Gasteiger partial charge in [0.15, 0.2) is 0 Å². The van der Waals surface area contributed by atoms with Crippen LogP contribution in [0.2, 0.25) is 5.02 Å². The van der Waals surface area contributed by atoms with Crippen molar-refractivity contribution in [2.45, 2.75) is 4.90 Å². The van der Waals surface area contributed by atoms with Gasteiger partial charge in [-0.3, -0.25) is 20.4 Å². The van der Waals surface area contributed by atoms with E-state index in [-0.39, 0.29) is 22.0 Å². The predicted molar refractivity (Wildman–Crippen MR) is 90.7 cm³/mol. The standard InChI is InChI=1S/C16H13ClF2N2O3S/c1-24-13-5-2-9(17)6-11(13)16(23)21-20-15(22)8-25-14-7-10(18)3-4-12(14)19/h2-7H,8H2,1H3,(H,20,22)(H,21,23). The van der Waals surface area contributed by atoms with E-state index in [1.165, 1.54) is 19.2 Å². The maximum atomic E-state index is 13.5. The van der Waals surface area contributed by atoms with Crippen LogP contribution >= 0.6 is 23.4 Å². The Kier molecular flexibility index (Phi) is 6.60. The van der Waals surface area contributed by atoms with Crippen LogP contribution in [-0.4, -0.2) is 24.7 Å². The largest absolute Gasteiger partial charge is 0.496 e. The van der Waals surface area contributed by atoms with Crippen LogP contribution in [0.1, 0.15) is 10.4 Å². The molecule has 0 atom stereocenters. The van der Waals surface area contributed by atoms with Crippen LogP contribution in [0, 0.1) is 11.6 Å². The smallest absolute Gasteiger partial charge is 0.273 e. The van der Waals surface area contributed by atoms with Crippen molar-refractivity contribution in [1.29, 1.82) is 0 Å². The topological polar surface area (TPSA) is 67.4 Å². The molecule has 0 heterocycles. The van der Waals surface area contributed by atoms with Crippen molar-refractivity contribution in [2.75, 3.05) is 12.9 Å². The quantitative estimate of drug-likeness (QED) is 0.612. The van der Waals surface area contributed by atoms with Crippen molar-refractivity contribution < 1.29 is 23.1 Å². The maximum Gasteiger partial charge on any atom is 0.273 e. The summed E-state index contributed by atoms with van der Waals surface area (Å²) in [5.41, 5.74) is 4.52. The van der Waals surface area contributed by atoms with Gasteiger partial charge in [-0.25, -0.2) is 8.78 Å². The first-order chi connectivity index (χ1) is 11.9. The number of halogens is 3. The Bertz CT molecular complexity index is 805. The van der Waals surface area contributed by atoms with E-state index in [0.717, 1.165) is 30.0 Å². The summed E-state index contributed by atoms with van der Waals surface area (Å²) in [4.78, 5) is 23.8. The number of hydrogen-bond donors (Lipinski definition) is 2. The second-order valence-corrected chi connectivity index (χ2v) is 6.16. The molecule has 0 saturated carbocycles. The summed E-state index contributed by atoms with van der Waals surface area (Å²) in [7, 11) is 1.39. The summed E-state index contributed by atoms with van der Waals surface area (Å²) in [6, 6.07) is 7.41. The molecular formula is C16H13ClF2N2O3S. The van der Waals surface area contributed by atoms with Crippen molar-refractivity contribution in [3.8, 4) is 5.75 Å². The summed E-state index contributed by atoms with van der Waals surface area (Å²) in [5, 5.41) is 0.328. The third-order valence-electron chi connectivity index (χ3n) is 2.97. The molecule has 9 heteroatoms. The highest BCUT2D eigenvalue weighted by atomic mass is 35.5. The van der Waals surface area contributed by atoms with Crippen LogP contribution < -0.4 is 15.6 Å². The molecule has 2 N–H and O–H groups in total. The van der Waals surface area contributed by atoms with Crippen molar-refractivity contribution in [3.63, 3.8) is 0 Å². The number of hydrogen-bond acceptors (Lipinski definition) is 4. The number of hydrazine groups is 1. The van der Waals surface area contributed by atoms with Gasteiger partial charge in [0.1, 0.15) is 17.4 Å². The number of methoxy groups -OCH3 is 1. The molecule has 25 heavy (non-hydrogen) atoms. The van der Waals surface area contributed by atoms with E-state index in [9.17, 15) is 18.4 Å². The number of rotatable bonds is 5. The Balaban J connectivity index is 1.90. The highest BCUT2D eigenvalue weighted by Gasteiger charge is 2.14. The molecule has 0 aliphatic carbocycles. The molecule has 0 bridgehead atoms. The normalized spacial score (nSPS) is 10.2. The number of amides is 2. The van der Waals surface area contributed by atoms with Crippen LogP contribution in [0.15, 0.2) is 41.3 Å². The second-order valence-electron chi connectivity index (χ2n) is 4.71. The first-order valence-corrected chi connectivity index (χ1v) is 8.27. The Morgan fingerprint density at radius 2 is 1.92 bits per heavy atom. The molecule has 0 aliphatic rings. The van der Waals surface area contributed by atoms with Gasteiger partial charge in [-0.1, -0.05) is 11.6 Å². The number of ether oxygens (including phenoxy) is 1. The molecule has 0 fully saturated rings. The van der Waals surface area contributed by atoms with Crippen molar-refractivity contribution in [3.05, 3.63) is 58.6 Å². The number of carbonyl (C=O) groups excluding carboxylic acids is 2. The van der Waals surface area contributed by atoms with E-state index in [2.05, 4.69) is 10.9 Å². The summed E-state index contributed by atoms with van der Waals surface area (Å²) in [6.45, 7) is 0. The molecule has 2 amide bonds. The molecule has 2 aromatic carbocycles. The van der Waals surface area contributed by atoms with Crippen molar-refractivity contribution in [1.82, 2.24) is 10.9 Å². The first-order valence-electron chi connectivity index (χ1n) is 6.91. The lowest BCUT2D eigenvalue weighted by atomic mass is 10.2. The van der Waals surface area contributed by atoms with Gasteiger partial charge in [0.05, 0.1) is 18.4 Å². The highest BCUT2D eigenvalue weighted by Crippen LogP contribution is 2.23. The molecule has 2 rings (SSSR count). The Hall–Kier alpha value is -2.32. The van der Waals surface area contributed by atoms with Crippen LogP contribution in [0.4, 0.5) is 8.78 Å². The van der Waals surface area contributed by atoms with Gasteiger partial charge in [-0.15, -0.1) is 11.8 Å². The minimum atomic E-state index is -0.633. The summed E-state index contributed by atoms with van der Waals surface area (Å²) < 4.78 is 31.6. The average molecular weight is 387 g/mol. The van der Waals surface area contributed by atoms with Gasteiger partial charge < -0.3 is 4.74 Å². The lowest BCUT2D eigenvalue weighted by molar-refractivity contribution is -0.119. The third kappa shape index (κ3) is 5.33. The Morgan fingerprint density at radius 3 is 2.64 bits per heavy atom. The molecular weight excluding hydrogens is 374 g/mol. The Morgan fingerprint density at radius 1 is 1.16 bits per heavy atom. The first kappa shape index (κ1) is 19.0. The fraction of sp³-hybridized carbons (Fsp3) is 0.125. The molecule has 0 aliphatic heterocycles. The van der Waals surface area contributed by atoms with E-state index < -0.39 is 23.4 Å². The summed E-state index contributed by atoms with van der Waals surface area (Å²) in [6.07, 6.45) is 0. The fourth-order valence-electron chi connectivity index (χ4n) is 1.82. The summed E-state index contributed by atoms with van der Waals surface area (Å²) in [5.74, 6) is -2.39. The van der Waals surface area contributed by atoms with Crippen LogP contribution in [0.3, 0.4) is 0 Å². The Labute approximate surface area is 151 Å². The monoisotopic (exact) mass is 386 g/mol. The summed E-state index contributed by atoms with van der Waals surface area (Å²) >= 11 is 6.64. The number of thioether (sulfide) groups is 1. The molecule has 0 aromatic heterocycles. The minimum absolute atomic E-state index is 0.00186. The molecule has 0 radical (unpaired) electrons. The molecule has 132 valence electrons. The van der Waals surface area contributed by atoms with E-state index >= 15 is 0 Å². The number of nitrogens with one attached hydrogen (secondary N) is 2. The van der Waals surface area contributed by atoms with Crippen molar-refractivity contribution in [2.24, 2.45) is 0 Å². The van der Waals surface area contributed by atoms with Crippen LogP contribution in [0.25, 0.3) is 0 Å². The molecule has 0 spiro atoms. The zero-order chi connectivity index (χ0) is 18.4. The number of benzene rings is 2. The van der Waals surface area contributed by atoms with Crippen LogP contribution in [0.5, 0.6) is 5.75 Å². The molecule has 2 aromatic rings.